The summed E-state index contributed by atoms with van der Waals surface area (Å²) < 4.78 is 0. The molecule has 261 valence electrons. The molecule has 6 heteroatoms. The molecule has 2 aliphatic carbocycles. The number of hydrogen-bond acceptors (Lipinski definition) is 2. The van der Waals surface area contributed by atoms with Crippen LogP contribution in [0.15, 0.2) is 97.1 Å². The minimum absolute atomic E-state index is 0.302. The van der Waals surface area contributed by atoms with Gasteiger partial charge in [0.05, 0.1) is 0 Å². The number of benzene rings is 4. The van der Waals surface area contributed by atoms with Crippen LogP contribution in [0.3, 0.4) is 0 Å². The van der Waals surface area contributed by atoms with Crippen LogP contribution >= 0.6 is 39.7 Å². The van der Waals surface area contributed by atoms with Crippen LogP contribution in [0.5, 0.6) is 0 Å². The fourth-order valence-corrected chi connectivity index (χ4v) is 25.6. The Morgan fingerprint density at radius 1 is 0.558 bits per heavy atom. The minimum atomic E-state index is -2.69. The van der Waals surface area contributed by atoms with E-state index < -0.39 is 24.4 Å². The molecular formula is C46H43Cl2S2SiZr. The molecule has 2 aromatic heterocycles. The zero-order valence-electron chi connectivity index (χ0n) is 30.6. The van der Waals surface area contributed by atoms with E-state index in [2.05, 4.69) is 151 Å². The predicted octanol–water partition coefficient (Wildman–Crippen LogP) is 14.6. The van der Waals surface area contributed by atoms with E-state index in [0.717, 1.165) is 12.1 Å². The van der Waals surface area contributed by atoms with E-state index in [0.29, 0.717) is 11.8 Å². The van der Waals surface area contributed by atoms with Gasteiger partial charge in [0.2, 0.25) is 0 Å². The zero-order valence-corrected chi connectivity index (χ0v) is 37.4. The van der Waals surface area contributed by atoms with Crippen molar-refractivity contribution in [2.45, 2.75) is 65.5 Å². The molecule has 4 aromatic carbocycles. The van der Waals surface area contributed by atoms with Gasteiger partial charge in [0.1, 0.15) is 0 Å². The van der Waals surface area contributed by atoms with Crippen LogP contribution in [-0.4, -0.2) is 5.92 Å². The molecule has 0 N–H and O–H groups in total. The van der Waals surface area contributed by atoms with E-state index in [-0.39, 0.29) is 0 Å². The topological polar surface area (TPSA) is 0 Å². The zero-order chi connectivity index (χ0) is 36.3. The van der Waals surface area contributed by atoms with E-state index >= 15 is 0 Å². The molecule has 2 aliphatic rings. The number of aryl methyl sites for hydroxylation is 4. The first kappa shape index (κ1) is 36.4. The van der Waals surface area contributed by atoms with Crippen LogP contribution in [0, 0.1) is 41.5 Å². The quantitative estimate of drug-likeness (QED) is 0.127. The van der Waals surface area contributed by atoms with Crippen molar-refractivity contribution in [3.63, 3.8) is 0 Å². The average molecular weight is 850 g/mol. The van der Waals surface area contributed by atoms with Gasteiger partial charge >= 0.3 is 336 Å². The van der Waals surface area contributed by atoms with Crippen molar-refractivity contribution in [2.75, 3.05) is 0 Å². The number of allylic oxidation sites excluding steroid dienone is 2. The molecule has 0 spiro atoms. The first-order valence-electron chi connectivity index (χ1n) is 18.2. The summed E-state index contributed by atoms with van der Waals surface area (Å²) in [7, 11) is 14.8. The monoisotopic (exact) mass is 847 g/mol. The Bertz CT molecular complexity index is 2200. The van der Waals surface area contributed by atoms with Crippen LogP contribution in [0.1, 0.15) is 75.9 Å². The van der Waals surface area contributed by atoms with Gasteiger partial charge in [-0.15, -0.1) is 0 Å². The summed E-state index contributed by atoms with van der Waals surface area (Å²) in [6, 6.07) is 38.4. The molecule has 2 unspecified atom stereocenters. The predicted molar refractivity (Wildman–Crippen MR) is 231 cm³/mol. The molecule has 0 saturated heterocycles. The Morgan fingerprint density at radius 2 is 0.962 bits per heavy atom. The second-order valence-electron chi connectivity index (χ2n) is 14.7. The summed E-state index contributed by atoms with van der Waals surface area (Å²) in [4.78, 5) is 5.47. The van der Waals surface area contributed by atoms with Crippen LogP contribution < -0.4 is 0 Å². The van der Waals surface area contributed by atoms with Gasteiger partial charge in [-0.3, -0.25) is 0 Å². The van der Waals surface area contributed by atoms with Gasteiger partial charge in [-0.25, -0.2) is 0 Å². The van der Waals surface area contributed by atoms with E-state index in [1.807, 2.05) is 22.7 Å². The van der Waals surface area contributed by atoms with Crippen molar-refractivity contribution >= 4 is 68.9 Å². The third-order valence-corrected chi connectivity index (χ3v) is 35.2. The third kappa shape index (κ3) is 6.71. The molecule has 52 heavy (non-hydrogen) atoms. The molecule has 0 nitrogen and oxygen atoms in total. The number of fused-ring (bicyclic) bond motifs is 2. The molecular weight excluding hydrogens is 807 g/mol. The van der Waals surface area contributed by atoms with E-state index in [1.54, 1.807) is 0 Å². The number of thiophene rings is 2. The molecule has 0 fully saturated rings. The summed E-state index contributed by atoms with van der Waals surface area (Å²) in [6.07, 6.45) is 5.06. The number of rotatable bonds is 9. The Labute approximate surface area is 333 Å². The van der Waals surface area contributed by atoms with Gasteiger partial charge < -0.3 is 0 Å². The number of halogens is 2. The molecule has 0 saturated carbocycles. The fourth-order valence-electron chi connectivity index (χ4n) is 8.63. The summed E-state index contributed by atoms with van der Waals surface area (Å²) in [5.74, 6) is -1.02. The van der Waals surface area contributed by atoms with Crippen LogP contribution in [0.4, 0.5) is 0 Å². The molecule has 0 radical (unpaired) electrons. The van der Waals surface area contributed by atoms with Gasteiger partial charge in [0.25, 0.3) is 0 Å². The first-order chi connectivity index (χ1) is 25.1. The normalized spacial score (nSPS) is 16.8. The molecule has 8 rings (SSSR count). The molecule has 6 aromatic rings. The Hall–Kier alpha value is -2.56. The van der Waals surface area contributed by atoms with Crippen LogP contribution in [-0.2, 0) is 18.5 Å². The van der Waals surface area contributed by atoms with Crippen molar-refractivity contribution in [3.8, 4) is 22.3 Å². The van der Waals surface area contributed by atoms with E-state index in [4.69, 9.17) is 17.0 Å². The molecule has 2 atom stereocenters. The standard InChI is InChI=1S/C46H43S2Si.2ClH.Zr/c1-27-21-35-39(45(31(27)5)33-13-9-7-10-14-33)23-37(43-19-17-29(3)47-43)41(35)25-49-26-42-36-22-28(2)32(6)46(34-15-11-8-12-16-34)40(36)24-38(42)44-20-18-30(4)48-44;;;/h7-24,41-42,49H,25-26H2,1-6H3;2*1H;/q;;;+2/p-2. The number of hydrogen-bond donors (Lipinski definition) is 0. The van der Waals surface area contributed by atoms with Crippen molar-refractivity contribution < 1.29 is 18.5 Å². The summed E-state index contributed by atoms with van der Waals surface area (Å²) in [5, 5.41) is 0. The Kier molecular flexibility index (Phi) is 10.5. The second kappa shape index (κ2) is 14.9. The maximum absolute atomic E-state index is 7.41. The van der Waals surface area contributed by atoms with Gasteiger partial charge in [-0.2, -0.15) is 0 Å². The first-order valence-corrected chi connectivity index (χ1v) is 32.7. The van der Waals surface area contributed by atoms with Crippen molar-refractivity contribution in [1.82, 2.24) is 0 Å². The SMILES string of the molecule is Cc1ccc(C2=Cc3c(cc(C)c(C)c3-c3ccccc3)C2C[SiH](CC2C(c3ccc(C)s3)=Cc3c2cc(C)c(C)c3-c2ccccc2)[Zr]([Cl])[Cl])s1. The molecule has 2 heterocycles. The van der Waals surface area contributed by atoms with E-state index in [9.17, 15) is 0 Å². The van der Waals surface area contributed by atoms with Crippen molar-refractivity contribution in [1.29, 1.82) is 0 Å². The molecule has 0 amide bonds. The Balaban J connectivity index is 1.25. The van der Waals surface area contributed by atoms with Crippen molar-refractivity contribution in [2.24, 2.45) is 0 Å². The van der Waals surface area contributed by atoms with Gasteiger partial charge in [0, 0.05) is 0 Å². The molecule has 0 aliphatic heterocycles. The van der Waals surface area contributed by atoms with Crippen molar-refractivity contribution in [3.05, 3.63) is 161 Å². The fraction of sp³-hybridized carbons (Fsp3) is 0.217. The van der Waals surface area contributed by atoms with Crippen LogP contribution in [0.25, 0.3) is 45.6 Å². The third-order valence-electron chi connectivity index (χ3n) is 11.5. The maximum atomic E-state index is 7.41. The summed E-state index contributed by atoms with van der Waals surface area (Å²) in [5.41, 5.74) is 19.4. The summed E-state index contributed by atoms with van der Waals surface area (Å²) in [6.45, 7) is 13.6. The average Bonchev–Trinajstić information content (AvgIpc) is 3.92. The van der Waals surface area contributed by atoms with Gasteiger partial charge in [-0.1, -0.05) is 0 Å². The van der Waals surface area contributed by atoms with Crippen LogP contribution in [0.2, 0.25) is 12.1 Å². The van der Waals surface area contributed by atoms with E-state index in [1.165, 1.54) is 97.4 Å². The Morgan fingerprint density at radius 3 is 1.31 bits per heavy atom. The summed E-state index contributed by atoms with van der Waals surface area (Å²) >= 11 is 1.15. The molecule has 0 bridgehead atoms. The van der Waals surface area contributed by atoms with Gasteiger partial charge in [0.15, 0.2) is 0 Å². The second-order valence-corrected chi connectivity index (χ2v) is 40.8. The van der Waals surface area contributed by atoms with Gasteiger partial charge in [-0.05, 0) is 0 Å².